The van der Waals surface area contributed by atoms with Crippen molar-refractivity contribution >= 4 is 17.4 Å². The van der Waals surface area contributed by atoms with Gasteiger partial charge in [-0.05, 0) is 30.0 Å². The Morgan fingerprint density at radius 1 is 1.20 bits per heavy atom. The average Bonchev–Trinajstić information content (AvgIpc) is 3.47. The molecule has 0 aliphatic heterocycles. The fraction of sp³-hybridized carbons (Fsp3) is 0.350. The number of benzene rings is 1. The van der Waals surface area contributed by atoms with Gasteiger partial charge >= 0.3 is 6.18 Å². The van der Waals surface area contributed by atoms with Crippen LogP contribution in [-0.2, 0) is 19.8 Å². The molecule has 1 aliphatic rings. The minimum Gasteiger partial charge on any atom is -0.491 e. The van der Waals surface area contributed by atoms with Gasteiger partial charge in [0.15, 0.2) is 17.3 Å². The van der Waals surface area contributed by atoms with Gasteiger partial charge in [0.1, 0.15) is 5.82 Å². The Labute approximate surface area is 176 Å². The lowest BCUT2D eigenvalue weighted by Gasteiger charge is -2.25. The first-order chi connectivity index (χ1) is 14.3. The van der Waals surface area contributed by atoms with E-state index in [0.29, 0.717) is 29.7 Å². The van der Waals surface area contributed by atoms with Gasteiger partial charge in [0.25, 0.3) is 0 Å². The molecule has 1 saturated carbocycles. The van der Waals surface area contributed by atoms with Crippen LogP contribution in [0.5, 0.6) is 5.75 Å². The Balaban J connectivity index is 1.59. The fourth-order valence-corrected chi connectivity index (χ4v) is 3.41. The SMILES string of the molecule is COc1cnc(Cl)nc1N(Cc1ccc(-c2nc(C(F)(F)F)cn2C)cc1)C1CC1. The zero-order chi connectivity index (χ0) is 21.5. The number of halogens is 4. The Kier molecular flexibility index (Phi) is 5.31. The third-order valence-corrected chi connectivity index (χ3v) is 5.10. The highest BCUT2D eigenvalue weighted by Crippen LogP contribution is 2.37. The van der Waals surface area contributed by atoms with Gasteiger partial charge in [-0.1, -0.05) is 24.3 Å². The normalized spacial score (nSPS) is 14.1. The number of methoxy groups -OCH3 is 1. The summed E-state index contributed by atoms with van der Waals surface area (Å²) in [6.45, 7) is 0.559. The van der Waals surface area contributed by atoms with E-state index in [2.05, 4.69) is 19.9 Å². The molecule has 30 heavy (non-hydrogen) atoms. The van der Waals surface area contributed by atoms with Gasteiger partial charge in [0, 0.05) is 31.4 Å². The molecule has 10 heteroatoms. The number of hydrogen-bond donors (Lipinski definition) is 0. The molecule has 1 fully saturated rings. The molecule has 0 saturated heterocycles. The summed E-state index contributed by atoms with van der Waals surface area (Å²) >= 11 is 5.99. The summed E-state index contributed by atoms with van der Waals surface area (Å²) in [6, 6.07) is 7.62. The molecule has 4 rings (SSSR count). The van der Waals surface area contributed by atoms with Crippen molar-refractivity contribution in [1.29, 1.82) is 0 Å². The van der Waals surface area contributed by atoms with E-state index in [1.807, 2.05) is 12.1 Å². The Hall–Kier alpha value is -2.81. The van der Waals surface area contributed by atoms with Gasteiger partial charge < -0.3 is 14.2 Å². The van der Waals surface area contributed by atoms with Crippen LogP contribution in [0.2, 0.25) is 5.28 Å². The third-order valence-electron chi connectivity index (χ3n) is 4.92. The molecule has 3 aromatic rings. The van der Waals surface area contributed by atoms with Crippen LogP contribution in [0.25, 0.3) is 11.4 Å². The molecule has 1 aromatic carbocycles. The summed E-state index contributed by atoms with van der Waals surface area (Å²) in [6.07, 6.45) is 0.136. The predicted molar refractivity (Wildman–Crippen MR) is 106 cm³/mol. The quantitative estimate of drug-likeness (QED) is 0.522. The maximum Gasteiger partial charge on any atom is 0.434 e. The molecule has 0 unspecified atom stereocenters. The van der Waals surface area contributed by atoms with Crippen LogP contribution in [0.1, 0.15) is 24.1 Å². The lowest BCUT2D eigenvalue weighted by atomic mass is 10.1. The summed E-state index contributed by atoms with van der Waals surface area (Å²) in [4.78, 5) is 14.2. The van der Waals surface area contributed by atoms with Crippen molar-refractivity contribution < 1.29 is 17.9 Å². The predicted octanol–water partition coefficient (Wildman–Crippen LogP) is 4.73. The molecule has 0 spiro atoms. The number of ether oxygens (including phenoxy) is 1. The van der Waals surface area contributed by atoms with Crippen LogP contribution in [0.3, 0.4) is 0 Å². The lowest BCUT2D eigenvalue weighted by Crippen LogP contribution is -2.26. The second-order valence-corrected chi connectivity index (χ2v) is 7.48. The van der Waals surface area contributed by atoms with Crippen LogP contribution in [0, 0.1) is 0 Å². The highest BCUT2D eigenvalue weighted by atomic mass is 35.5. The number of rotatable bonds is 6. The number of hydrogen-bond acceptors (Lipinski definition) is 5. The summed E-state index contributed by atoms with van der Waals surface area (Å²) in [5, 5.41) is 0.141. The van der Waals surface area contributed by atoms with E-state index in [1.54, 1.807) is 32.5 Å². The second-order valence-electron chi connectivity index (χ2n) is 7.15. The molecule has 6 nitrogen and oxygen atoms in total. The average molecular weight is 438 g/mol. The standard InChI is InChI=1S/C20H19ClF3N5O/c1-28-11-16(20(22,23)24)26-17(28)13-5-3-12(4-6-13)10-29(14-7-8-14)18-15(30-2)9-25-19(21)27-18/h3-6,9,11,14H,7-8,10H2,1-2H3. The lowest BCUT2D eigenvalue weighted by molar-refractivity contribution is -0.140. The zero-order valence-electron chi connectivity index (χ0n) is 16.3. The zero-order valence-corrected chi connectivity index (χ0v) is 17.1. The van der Waals surface area contributed by atoms with Crippen molar-refractivity contribution in [3.8, 4) is 17.1 Å². The summed E-state index contributed by atoms with van der Waals surface area (Å²) in [7, 11) is 3.10. The maximum atomic E-state index is 12.9. The van der Waals surface area contributed by atoms with Crippen molar-refractivity contribution in [2.24, 2.45) is 7.05 Å². The fourth-order valence-electron chi connectivity index (χ4n) is 3.28. The van der Waals surface area contributed by atoms with Crippen LogP contribution in [0.4, 0.5) is 19.0 Å². The van der Waals surface area contributed by atoms with Crippen LogP contribution in [-0.4, -0.2) is 32.7 Å². The van der Waals surface area contributed by atoms with E-state index in [-0.39, 0.29) is 11.1 Å². The smallest absolute Gasteiger partial charge is 0.434 e. The van der Waals surface area contributed by atoms with Crippen molar-refractivity contribution in [3.05, 3.63) is 53.2 Å². The van der Waals surface area contributed by atoms with Gasteiger partial charge in [-0.2, -0.15) is 18.2 Å². The summed E-state index contributed by atoms with van der Waals surface area (Å²) in [5.41, 5.74) is 0.682. The largest absolute Gasteiger partial charge is 0.491 e. The van der Waals surface area contributed by atoms with E-state index in [1.165, 1.54) is 4.57 Å². The van der Waals surface area contributed by atoms with E-state index in [4.69, 9.17) is 16.3 Å². The molecule has 0 amide bonds. The molecule has 2 heterocycles. The molecule has 1 aliphatic carbocycles. The van der Waals surface area contributed by atoms with Gasteiger partial charge in [-0.25, -0.2) is 9.97 Å². The molecular formula is C20H19ClF3N5O. The molecular weight excluding hydrogens is 419 g/mol. The number of nitrogens with zero attached hydrogens (tertiary/aromatic N) is 5. The molecule has 0 atom stereocenters. The topological polar surface area (TPSA) is 56.1 Å². The summed E-state index contributed by atoms with van der Waals surface area (Å²) < 4.78 is 45.5. The first-order valence-corrected chi connectivity index (χ1v) is 9.67. The number of aryl methyl sites for hydroxylation is 1. The third kappa shape index (κ3) is 4.21. The monoisotopic (exact) mass is 437 g/mol. The Bertz CT molecular complexity index is 1050. The number of alkyl halides is 3. The highest BCUT2D eigenvalue weighted by molar-refractivity contribution is 6.28. The Morgan fingerprint density at radius 2 is 1.90 bits per heavy atom. The maximum absolute atomic E-state index is 12.9. The van der Waals surface area contributed by atoms with Crippen LogP contribution in [0.15, 0.2) is 36.7 Å². The van der Waals surface area contributed by atoms with Gasteiger partial charge in [-0.3, -0.25) is 0 Å². The van der Waals surface area contributed by atoms with Crippen molar-refractivity contribution in [2.75, 3.05) is 12.0 Å². The summed E-state index contributed by atoms with van der Waals surface area (Å²) in [5.74, 6) is 1.43. The second kappa shape index (κ2) is 7.79. The molecule has 158 valence electrons. The first-order valence-electron chi connectivity index (χ1n) is 9.29. The highest BCUT2D eigenvalue weighted by Gasteiger charge is 2.35. The number of aromatic nitrogens is 4. The van der Waals surface area contributed by atoms with Crippen molar-refractivity contribution in [3.63, 3.8) is 0 Å². The minimum atomic E-state index is -4.47. The minimum absolute atomic E-state index is 0.141. The molecule has 2 aromatic heterocycles. The van der Waals surface area contributed by atoms with Crippen LogP contribution >= 0.6 is 11.6 Å². The molecule has 0 N–H and O–H groups in total. The Morgan fingerprint density at radius 3 is 2.47 bits per heavy atom. The first kappa shape index (κ1) is 20.5. The molecule has 0 bridgehead atoms. The molecule has 0 radical (unpaired) electrons. The van der Waals surface area contributed by atoms with Gasteiger partial charge in [0.05, 0.1) is 13.3 Å². The van der Waals surface area contributed by atoms with Gasteiger partial charge in [0.2, 0.25) is 5.28 Å². The van der Waals surface area contributed by atoms with E-state index in [9.17, 15) is 13.2 Å². The van der Waals surface area contributed by atoms with Crippen molar-refractivity contribution in [2.45, 2.75) is 31.6 Å². The van der Waals surface area contributed by atoms with E-state index >= 15 is 0 Å². The van der Waals surface area contributed by atoms with E-state index < -0.39 is 11.9 Å². The van der Waals surface area contributed by atoms with Crippen molar-refractivity contribution in [1.82, 2.24) is 19.5 Å². The van der Waals surface area contributed by atoms with Crippen LogP contribution < -0.4 is 9.64 Å². The number of imidazole rings is 1. The van der Waals surface area contributed by atoms with E-state index in [0.717, 1.165) is 24.6 Å². The van der Waals surface area contributed by atoms with Gasteiger partial charge in [-0.15, -0.1) is 0 Å². The number of anilines is 1.